The summed E-state index contributed by atoms with van der Waals surface area (Å²) in [6.07, 6.45) is 5.33. The van der Waals surface area contributed by atoms with Crippen LogP contribution in [0.15, 0.2) is 78.9 Å². The molecule has 0 spiro atoms. The predicted octanol–water partition coefficient (Wildman–Crippen LogP) is 4.27. The van der Waals surface area contributed by atoms with Gasteiger partial charge in [-0.25, -0.2) is 12.8 Å². The number of benzene rings is 3. The highest BCUT2D eigenvalue weighted by Gasteiger charge is 2.24. The molecule has 1 heterocycles. The van der Waals surface area contributed by atoms with E-state index in [1.807, 2.05) is 23.1 Å². The van der Waals surface area contributed by atoms with Gasteiger partial charge in [-0.3, -0.25) is 14.0 Å². The van der Waals surface area contributed by atoms with E-state index in [4.69, 9.17) is 4.74 Å². The number of halogens is 1. The van der Waals surface area contributed by atoms with Crippen LogP contribution in [0.5, 0.6) is 5.75 Å². The minimum absolute atomic E-state index is 0.0592. The molecule has 7 nitrogen and oxygen atoms in total. The summed E-state index contributed by atoms with van der Waals surface area (Å²) in [6, 6.07) is 20.4. The Bertz CT molecular complexity index is 1370. The summed E-state index contributed by atoms with van der Waals surface area (Å²) in [5.74, 6) is -0.104. The highest BCUT2D eigenvalue weighted by Crippen LogP contribution is 2.27. The number of nitrogens with zero attached hydrogens (tertiary/aromatic N) is 3. The van der Waals surface area contributed by atoms with E-state index in [1.165, 1.54) is 35.7 Å². The third kappa shape index (κ3) is 6.99. The van der Waals surface area contributed by atoms with Crippen LogP contribution >= 0.6 is 0 Å². The van der Waals surface area contributed by atoms with E-state index in [2.05, 4.69) is 29.2 Å². The molecule has 1 aliphatic heterocycles. The fourth-order valence-electron chi connectivity index (χ4n) is 4.42. The van der Waals surface area contributed by atoms with E-state index >= 15 is 0 Å². The third-order valence-electron chi connectivity index (χ3n) is 6.49. The molecule has 1 amide bonds. The number of amides is 1. The fourth-order valence-corrected chi connectivity index (χ4v) is 5.29. The molecular weight excluding hydrogens is 505 g/mol. The van der Waals surface area contributed by atoms with Crippen molar-refractivity contribution in [1.29, 1.82) is 0 Å². The first-order valence-electron chi connectivity index (χ1n) is 12.4. The number of sulfonamides is 1. The molecule has 200 valence electrons. The average Bonchev–Trinajstić information content (AvgIpc) is 2.92. The molecular formula is C29H32FN3O4S. The number of hydrogen-bond acceptors (Lipinski definition) is 5. The van der Waals surface area contributed by atoms with Crippen molar-refractivity contribution in [2.45, 2.75) is 6.54 Å². The number of methoxy groups -OCH3 is 1. The summed E-state index contributed by atoms with van der Waals surface area (Å²) in [6.45, 7) is 3.49. The topological polar surface area (TPSA) is 70.2 Å². The third-order valence-corrected chi connectivity index (χ3v) is 7.63. The molecule has 1 saturated heterocycles. The lowest BCUT2D eigenvalue weighted by atomic mass is 10.1. The van der Waals surface area contributed by atoms with Crippen molar-refractivity contribution in [3.63, 3.8) is 0 Å². The average molecular weight is 538 g/mol. The molecule has 0 aliphatic carbocycles. The van der Waals surface area contributed by atoms with Crippen molar-refractivity contribution in [2.75, 3.05) is 50.4 Å². The molecule has 0 bridgehead atoms. The summed E-state index contributed by atoms with van der Waals surface area (Å²) < 4.78 is 45.2. The Morgan fingerprint density at radius 2 is 1.68 bits per heavy atom. The zero-order chi connectivity index (χ0) is 27.1. The van der Waals surface area contributed by atoms with Crippen molar-refractivity contribution >= 4 is 27.7 Å². The molecule has 1 aliphatic rings. The summed E-state index contributed by atoms with van der Waals surface area (Å²) in [4.78, 5) is 17.4. The van der Waals surface area contributed by atoms with Crippen molar-refractivity contribution in [1.82, 2.24) is 9.80 Å². The Hall–Kier alpha value is -3.69. The molecule has 3 aromatic rings. The molecule has 4 rings (SSSR count). The Morgan fingerprint density at radius 3 is 2.32 bits per heavy atom. The summed E-state index contributed by atoms with van der Waals surface area (Å²) >= 11 is 0. The van der Waals surface area contributed by atoms with Gasteiger partial charge in [0.05, 0.1) is 25.6 Å². The number of hydrogen-bond donors (Lipinski definition) is 0. The van der Waals surface area contributed by atoms with Gasteiger partial charge in [-0.05, 0) is 48.0 Å². The highest BCUT2D eigenvalue weighted by molar-refractivity contribution is 7.92. The van der Waals surface area contributed by atoms with Gasteiger partial charge in [0.2, 0.25) is 10.0 Å². The first-order chi connectivity index (χ1) is 18.2. The smallest absolute Gasteiger partial charge is 0.253 e. The second-order valence-corrected chi connectivity index (χ2v) is 11.1. The summed E-state index contributed by atoms with van der Waals surface area (Å²) in [5.41, 5.74) is 2.49. The van der Waals surface area contributed by atoms with E-state index in [0.29, 0.717) is 35.7 Å². The number of carbonyl (C=O) groups is 1. The van der Waals surface area contributed by atoms with E-state index < -0.39 is 15.8 Å². The second kappa shape index (κ2) is 12.2. The van der Waals surface area contributed by atoms with Crippen LogP contribution in [0.25, 0.3) is 6.08 Å². The number of carbonyl (C=O) groups excluding carboxylic acids is 1. The fraction of sp³-hybridized carbons (Fsp3) is 0.276. The van der Waals surface area contributed by atoms with Crippen molar-refractivity contribution in [2.24, 2.45) is 0 Å². The zero-order valence-corrected chi connectivity index (χ0v) is 22.4. The first kappa shape index (κ1) is 27.3. The van der Waals surface area contributed by atoms with Crippen LogP contribution in [-0.2, 0) is 16.6 Å². The van der Waals surface area contributed by atoms with Gasteiger partial charge >= 0.3 is 0 Å². The van der Waals surface area contributed by atoms with E-state index in [9.17, 15) is 17.6 Å². The molecule has 0 radical (unpaired) electrons. The first-order valence-corrected chi connectivity index (χ1v) is 14.2. The van der Waals surface area contributed by atoms with Gasteiger partial charge in [0.25, 0.3) is 5.91 Å². The van der Waals surface area contributed by atoms with Crippen molar-refractivity contribution < 1.29 is 22.3 Å². The number of rotatable bonds is 9. The van der Waals surface area contributed by atoms with Gasteiger partial charge in [0, 0.05) is 43.9 Å². The number of piperazine rings is 1. The van der Waals surface area contributed by atoms with E-state index in [0.717, 1.165) is 31.5 Å². The Kier molecular flexibility index (Phi) is 8.81. The van der Waals surface area contributed by atoms with Gasteiger partial charge in [-0.2, -0.15) is 0 Å². The number of ether oxygens (including phenoxy) is 1. The minimum atomic E-state index is -3.69. The lowest BCUT2D eigenvalue weighted by Gasteiger charge is -2.34. The van der Waals surface area contributed by atoms with Crippen LogP contribution in [0, 0.1) is 5.82 Å². The largest absolute Gasteiger partial charge is 0.496 e. The van der Waals surface area contributed by atoms with Gasteiger partial charge in [-0.15, -0.1) is 0 Å². The van der Waals surface area contributed by atoms with Crippen LogP contribution in [0.3, 0.4) is 0 Å². The monoisotopic (exact) mass is 537 g/mol. The van der Waals surface area contributed by atoms with Crippen molar-refractivity contribution in [3.8, 4) is 5.75 Å². The van der Waals surface area contributed by atoms with Gasteiger partial charge in [-0.1, -0.05) is 42.5 Å². The van der Waals surface area contributed by atoms with Gasteiger partial charge in [0.15, 0.2) is 0 Å². The maximum atomic E-state index is 13.4. The molecule has 0 unspecified atom stereocenters. The summed E-state index contributed by atoms with van der Waals surface area (Å²) in [7, 11) is -2.20. The van der Waals surface area contributed by atoms with Crippen LogP contribution in [0.1, 0.15) is 21.5 Å². The lowest BCUT2D eigenvalue weighted by Crippen LogP contribution is -2.48. The Labute approximate surface area is 223 Å². The minimum Gasteiger partial charge on any atom is -0.496 e. The summed E-state index contributed by atoms with van der Waals surface area (Å²) in [5, 5.41) is 0. The van der Waals surface area contributed by atoms with Crippen LogP contribution in [-0.4, -0.2) is 70.2 Å². The zero-order valence-electron chi connectivity index (χ0n) is 21.6. The van der Waals surface area contributed by atoms with Crippen LogP contribution in [0.4, 0.5) is 10.1 Å². The molecule has 1 fully saturated rings. The van der Waals surface area contributed by atoms with Gasteiger partial charge < -0.3 is 9.64 Å². The van der Waals surface area contributed by atoms with E-state index in [1.54, 1.807) is 18.2 Å². The van der Waals surface area contributed by atoms with Gasteiger partial charge in [0.1, 0.15) is 11.6 Å². The molecule has 0 N–H and O–H groups in total. The van der Waals surface area contributed by atoms with Crippen molar-refractivity contribution in [3.05, 3.63) is 101 Å². The normalized spacial score (nSPS) is 14.6. The van der Waals surface area contributed by atoms with Crippen LogP contribution < -0.4 is 9.04 Å². The maximum absolute atomic E-state index is 13.4. The molecule has 0 atom stereocenters. The second-order valence-electron chi connectivity index (χ2n) is 9.18. The molecule has 3 aromatic carbocycles. The standard InChI is InChI=1S/C29H32FN3O4S/c1-37-28-15-10-24(21-25(28)22-33(38(2,35)36)27-13-11-26(30)12-14-27)29(34)32-19-17-31(18-20-32)16-6-9-23-7-4-3-5-8-23/h3-15,21H,16-20,22H2,1-2H3/b9-6+. The molecule has 0 aromatic heterocycles. The quantitative estimate of drug-likeness (QED) is 0.408. The van der Waals surface area contributed by atoms with Crippen LogP contribution in [0.2, 0.25) is 0 Å². The Morgan fingerprint density at radius 1 is 1.00 bits per heavy atom. The number of anilines is 1. The SMILES string of the molecule is COc1ccc(C(=O)N2CCN(C/C=C/c3ccccc3)CC2)cc1CN(c1ccc(F)cc1)S(C)(=O)=O. The Balaban J connectivity index is 1.44. The molecule has 0 saturated carbocycles. The lowest BCUT2D eigenvalue weighted by molar-refractivity contribution is 0.0650. The molecule has 9 heteroatoms. The molecule has 38 heavy (non-hydrogen) atoms. The highest BCUT2D eigenvalue weighted by atomic mass is 32.2. The predicted molar refractivity (Wildman–Crippen MR) is 148 cm³/mol. The maximum Gasteiger partial charge on any atom is 0.253 e. The van der Waals surface area contributed by atoms with E-state index in [-0.39, 0.29) is 12.5 Å².